The first-order valence-corrected chi connectivity index (χ1v) is 9.77. The number of ether oxygens (including phenoxy) is 1. The number of methoxy groups -OCH3 is 1. The van der Waals surface area contributed by atoms with E-state index < -0.39 is 16.9 Å². The van der Waals surface area contributed by atoms with Crippen LogP contribution in [-0.4, -0.2) is 17.9 Å². The summed E-state index contributed by atoms with van der Waals surface area (Å²) in [5.41, 5.74) is 1.23. The number of non-ortho nitro benzene ring substituents is 1. The third-order valence-electron chi connectivity index (χ3n) is 5.55. The van der Waals surface area contributed by atoms with Crippen molar-refractivity contribution in [3.8, 4) is 5.75 Å². The molecule has 0 aliphatic carbocycles. The second-order valence-corrected chi connectivity index (χ2v) is 7.29. The maximum Gasteiger partial charge on any atom is 0.295 e. The van der Waals surface area contributed by atoms with Gasteiger partial charge < -0.3 is 9.15 Å². The van der Waals surface area contributed by atoms with Gasteiger partial charge in [-0.25, -0.2) is 0 Å². The monoisotopic (exact) mass is 428 g/mol. The molecule has 32 heavy (non-hydrogen) atoms. The number of nitrogens with zero attached hydrogens (tertiary/aromatic N) is 2. The maximum absolute atomic E-state index is 13.5. The molecule has 5 rings (SSSR count). The Labute approximate surface area is 181 Å². The molecule has 8 nitrogen and oxygen atoms in total. The molecule has 0 radical (unpaired) electrons. The van der Waals surface area contributed by atoms with Gasteiger partial charge in [-0.15, -0.1) is 0 Å². The van der Waals surface area contributed by atoms with Crippen LogP contribution in [0.1, 0.15) is 27.7 Å². The van der Waals surface area contributed by atoms with Crippen LogP contribution in [0.15, 0.2) is 82.0 Å². The predicted molar refractivity (Wildman–Crippen MR) is 117 cm³/mol. The van der Waals surface area contributed by atoms with E-state index in [2.05, 4.69) is 0 Å². The van der Waals surface area contributed by atoms with Gasteiger partial charge in [-0.05, 0) is 54.1 Å². The van der Waals surface area contributed by atoms with Gasteiger partial charge in [0.2, 0.25) is 5.76 Å². The first kappa shape index (κ1) is 19.5. The highest BCUT2D eigenvalue weighted by Crippen LogP contribution is 2.41. The van der Waals surface area contributed by atoms with Crippen molar-refractivity contribution in [3.63, 3.8) is 0 Å². The molecule has 0 N–H and O–H groups in total. The van der Waals surface area contributed by atoms with Crippen molar-refractivity contribution >= 4 is 28.3 Å². The van der Waals surface area contributed by atoms with Gasteiger partial charge in [-0.1, -0.05) is 12.1 Å². The summed E-state index contributed by atoms with van der Waals surface area (Å²) in [6.07, 6.45) is 0. The molecule has 1 unspecified atom stereocenters. The van der Waals surface area contributed by atoms with E-state index in [4.69, 9.17) is 9.15 Å². The SMILES string of the molecule is COc1ccc(N2C(=O)c3oc4ccccc4c(=O)c3C2c2ccc([N+](=O)[O-])cc2)cc1. The molecule has 0 fully saturated rings. The minimum atomic E-state index is -0.799. The zero-order chi connectivity index (χ0) is 22.4. The first-order valence-electron chi connectivity index (χ1n) is 9.77. The Morgan fingerprint density at radius 3 is 2.31 bits per heavy atom. The summed E-state index contributed by atoms with van der Waals surface area (Å²) in [4.78, 5) is 39.0. The lowest BCUT2D eigenvalue weighted by molar-refractivity contribution is -0.384. The average Bonchev–Trinajstić information content (AvgIpc) is 3.12. The smallest absolute Gasteiger partial charge is 0.295 e. The first-order chi connectivity index (χ1) is 15.5. The maximum atomic E-state index is 13.5. The summed E-state index contributed by atoms with van der Waals surface area (Å²) in [5.74, 6) is 0.119. The minimum absolute atomic E-state index is 0.0344. The standard InChI is InChI=1S/C24H16N2O6/c1-31-17-12-10-15(11-13-17)25-21(14-6-8-16(9-7-14)26(29)30)20-22(27)18-4-2-3-5-19(18)32-23(20)24(25)28/h2-13,21H,1H3. The number of nitro groups is 1. The van der Waals surface area contributed by atoms with Gasteiger partial charge in [0.05, 0.1) is 29.0 Å². The molecule has 1 atom stereocenters. The van der Waals surface area contributed by atoms with Crippen LogP contribution in [0.25, 0.3) is 11.0 Å². The highest BCUT2D eigenvalue weighted by Gasteiger charge is 2.43. The molecule has 8 heteroatoms. The van der Waals surface area contributed by atoms with Crippen molar-refractivity contribution in [2.45, 2.75) is 6.04 Å². The van der Waals surface area contributed by atoms with Crippen LogP contribution in [0.5, 0.6) is 5.75 Å². The summed E-state index contributed by atoms with van der Waals surface area (Å²) in [5, 5.41) is 11.5. The topological polar surface area (TPSA) is 103 Å². The van der Waals surface area contributed by atoms with Crippen LogP contribution in [0.2, 0.25) is 0 Å². The average molecular weight is 428 g/mol. The molecule has 3 aromatic carbocycles. The Morgan fingerprint density at radius 1 is 0.969 bits per heavy atom. The molecule has 1 amide bonds. The molecular weight excluding hydrogens is 412 g/mol. The summed E-state index contributed by atoms with van der Waals surface area (Å²) < 4.78 is 11.1. The zero-order valence-corrected chi connectivity index (χ0v) is 16.8. The van der Waals surface area contributed by atoms with E-state index >= 15 is 0 Å². The molecule has 158 valence electrons. The number of hydrogen-bond acceptors (Lipinski definition) is 6. The van der Waals surface area contributed by atoms with Gasteiger partial charge >= 0.3 is 0 Å². The third kappa shape index (κ3) is 2.92. The Bertz CT molecular complexity index is 1420. The van der Waals surface area contributed by atoms with E-state index in [1.807, 2.05) is 0 Å². The molecule has 0 spiro atoms. The van der Waals surface area contributed by atoms with E-state index in [1.165, 1.54) is 17.0 Å². The Morgan fingerprint density at radius 2 is 1.66 bits per heavy atom. The Balaban J connectivity index is 1.75. The minimum Gasteiger partial charge on any atom is -0.497 e. The quantitative estimate of drug-likeness (QED) is 0.351. The fourth-order valence-corrected chi connectivity index (χ4v) is 4.02. The van der Waals surface area contributed by atoms with Crippen LogP contribution < -0.4 is 15.1 Å². The normalized spacial score (nSPS) is 15.1. The number of nitro benzene ring substituents is 1. The van der Waals surface area contributed by atoms with Gasteiger partial charge in [-0.3, -0.25) is 24.6 Å². The number of fused-ring (bicyclic) bond motifs is 2. The number of hydrogen-bond donors (Lipinski definition) is 0. The number of carbonyl (C=O) groups is 1. The summed E-state index contributed by atoms with van der Waals surface area (Å²) in [6.45, 7) is 0. The van der Waals surface area contributed by atoms with Crippen molar-refractivity contribution in [1.82, 2.24) is 0 Å². The molecule has 1 aliphatic heterocycles. The second kappa shape index (κ2) is 7.35. The number of rotatable bonds is 4. The summed E-state index contributed by atoms with van der Waals surface area (Å²) in [6, 6.07) is 18.6. The Hall–Kier alpha value is -4.46. The largest absolute Gasteiger partial charge is 0.497 e. The number of benzene rings is 3. The number of amides is 1. The fraction of sp³-hybridized carbons (Fsp3) is 0.0833. The highest BCUT2D eigenvalue weighted by molar-refractivity contribution is 6.10. The fourth-order valence-electron chi connectivity index (χ4n) is 4.02. The summed E-state index contributed by atoms with van der Waals surface area (Å²) in [7, 11) is 1.54. The third-order valence-corrected chi connectivity index (χ3v) is 5.55. The van der Waals surface area contributed by atoms with Crippen molar-refractivity contribution in [2.75, 3.05) is 12.0 Å². The van der Waals surface area contributed by atoms with Crippen LogP contribution in [0.3, 0.4) is 0 Å². The van der Waals surface area contributed by atoms with Crippen molar-refractivity contribution in [1.29, 1.82) is 0 Å². The van der Waals surface area contributed by atoms with E-state index in [-0.39, 0.29) is 22.4 Å². The number of para-hydroxylation sites is 1. The molecule has 4 aromatic rings. The van der Waals surface area contributed by atoms with Gasteiger partial charge in [0.25, 0.3) is 11.6 Å². The van der Waals surface area contributed by atoms with Crippen LogP contribution in [0, 0.1) is 10.1 Å². The number of anilines is 1. The van der Waals surface area contributed by atoms with Crippen LogP contribution in [-0.2, 0) is 0 Å². The molecule has 0 saturated carbocycles. The molecule has 1 aliphatic rings. The lowest BCUT2D eigenvalue weighted by atomic mass is 9.98. The molecule has 0 saturated heterocycles. The highest BCUT2D eigenvalue weighted by atomic mass is 16.6. The second-order valence-electron chi connectivity index (χ2n) is 7.29. The van der Waals surface area contributed by atoms with Crippen molar-refractivity contribution < 1.29 is 18.9 Å². The number of carbonyl (C=O) groups excluding carboxylic acids is 1. The van der Waals surface area contributed by atoms with Crippen molar-refractivity contribution in [2.24, 2.45) is 0 Å². The van der Waals surface area contributed by atoms with Gasteiger partial charge in [0, 0.05) is 17.8 Å². The molecular formula is C24H16N2O6. The molecule has 1 aromatic heterocycles. The zero-order valence-electron chi connectivity index (χ0n) is 16.8. The summed E-state index contributed by atoms with van der Waals surface area (Å²) >= 11 is 0. The Kier molecular flexibility index (Phi) is 4.48. The van der Waals surface area contributed by atoms with E-state index in [9.17, 15) is 19.7 Å². The van der Waals surface area contributed by atoms with Gasteiger partial charge in [0.1, 0.15) is 11.3 Å². The van der Waals surface area contributed by atoms with E-state index in [0.29, 0.717) is 28.0 Å². The molecule has 2 heterocycles. The van der Waals surface area contributed by atoms with E-state index in [1.54, 1.807) is 67.8 Å². The van der Waals surface area contributed by atoms with Crippen LogP contribution >= 0.6 is 0 Å². The predicted octanol–water partition coefficient (Wildman–Crippen LogP) is 4.46. The lowest BCUT2D eigenvalue weighted by Crippen LogP contribution is -2.29. The molecule has 0 bridgehead atoms. The van der Waals surface area contributed by atoms with Gasteiger partial charge in [0.15, 0.2) is 5.43 Å². The van der Waals surface area contributed by atoms with Crippen LogP contribution in [0.4, 0.5) is 11.4 Å². The van der Waals surface area contributed by atoms with E-state index in [0.717, 1.165) is 0 Å². The van der Waals surface area contributed by atoms with Gasteiger partial charge in [-0.2, -0.15) is 0 Å². The van der Waals surface area contributed by atoms with Crippen molar-refractivity contribution in [3.05, 3.63) is 110 Å². The lowest BCUT2D eigenvalue weighted by Gasteiger charge is -2.25.